The number of H-pyrrole nitrogens is 1. The molecule has 0 saturated carbocycles. The summed E-state index contributed by atoms with van der Waals surface area (Å²) in [6, 6.07) is 1.70. The van der Waals surface area contributed by atoms with Crippen LogP contribution >= 0.6 is 0 Å². The molecule has 23 heavy (non-hydrogen) atoms. The number of ether oxygens (including phenoxy) is 1. The number of amides is 1. The fourth-order valence-electron chi connectivity index (χ4n) is 3.22. The number of likely N-dealkylation sites (tertiary alicyclic amines) is 1. The van der Waals surface area contributed by atoms with E-state index in [9.17, 15) is 9.59 Å². The highest BCUT2D eigenvalue weighted by atomic mass is 16.5. The molecule has 3 rings (SSSR count). The fourth-order valence-corrected chi connectivity index (χ4v) is 3.22. The largest absolute Gasteiger partial charge is 0.377 e. The van der Waals surface area contributed by atoms with Gasteiger partial charge in [-0.3, -0.25) is 19.4 Å². The van der Waals surface area contributed by atoms with Crippen molar-refractivity contribution in [2.24, 2.45) is 7.05 Å². The summed E-state index contributed by atoms with van der Waals surface area (Å²) in [5.74, 6) is -0.124. The molecule has 124 valence electrons. The first-order chi connectivity index (χ1) is 11.0. The Morgan fingerprint density at radius 1 is 1.52 bits per heavy atom. The number of fused-ring (bicyclic) bond motifs is 1. The maximum absolute atomic E-state index is 13.0. The van der Waals surface area contributed by atoms with Gasteiger partial charge in [0.15, 0.2) is 5.65 Å². The molecule has 0 aromatic carbocycles. The van der Waals surface area contributed by atoms with Crippen LogP contribution in [-0.2, 0) is 11.8 Å². The molecule has 1 amide bonds. The van der Waals surface area contributed by atoms with Crippen molar-refractivity contribution in [1.29, 1.82) is 0 Å². The molecule has 1 N–H and O–H groups in total. The van der Waals surface area contributed by atoms with Gasteiger partial charge >= 0.3 is 0 Å². The van der Waals surface area contributed by atoms with Gasteiger partial charge in [0.25, 0.3) is 11.5 Å². The lowest BCUT2D eigenvalue weighted by molar-refractivity contribution is 0.00731. The van der Waals surface area contributed by atoms with E-state index in [0.29, 0.717) is 42.0 Å². The van der Waals surface area contributed by atoms with E-state index >= 15 is 0 Å². The smallest absolute Gasteiger partial charge is 0.274 e. The zero-order valence-electron chi connectivity index (χ0n) is 13.8. The van der Waals surface area contributed by atoms with Gasteiger partial charge in [0.2, 0.25) is 0 Å². The summed E-state index contributed by atoms with van der Waals surface area (Å²) in [6.07, 6.45) is 1.95. The standard InChI is InChI=1S/C16H22N4O3/c1-4-23-11-6-5-7-20(9-11)16(22)12-8-10(2)17-14-13(12)15(21)18-19(14)3/h8,11H,4-7,9H2,1-3H3,(H,18,21). The lowest BCUT2D eigenvalue weighted by Gasteiger charge is -2.32. The minimum atomic E-state index is -0.281. The van der Waals surface area contributed by atoms with E-state index in [1.165, 1.54) is 0 Å². The lowest BCUT2D eigenvalue weighted by atomic mass is 10.1. The summed E-state index contributed by atoms with van der Waals surface area (Å²) in [5, 5.41) is 3.04. The Morgan fingerprint density at radius 2 is 2.30 bits per heavy atom. The van der Waals surface area contributed by atoms with Crippen LogP contribution < -0.4 is 5.56 Å². The molecular weight excluding hydrogens is 296 g/mol. The summed E-state index contributed by atoms with van der Waals surface area (Å²) >= 11 is 0. The van der Waals surface area contributed by atoms with Gasteiger partial charge < -0.3 is 9.64 Å². The number of aromatic amines is 1. The predicted molar refractivity (Wildman–Crippen MR) is 86.6 cm³/mol. The summed E-state index contributed by atoms with van der Waals surface area (Å²) in [6.45, 7) is 5.69. The molecule has 0 bridgehead atoms. The highest BCUT2D eigenvalue weighted by Crippen LogP contribution is 2.20. The van der Waals surface area contributed by atoms with E-state index < -0.39 is 0 Å². The number of carbonyl (C=O) groups is 1. The molecule has 1 aliphatic rings. The molecule has 3 heterocycles. The van der Waals surface area contributed by atoms with E-state index in [2.05, 4.69) is 10.1 Å². The average molecular weight is 318 g/mol. The average Bonchev–Trinajstić information content (AvgIpc) is 2.81. The molecule has 2 aromatic rings. The van der Waals surface area contributed by atoms with E-state index in [0.717, 1.165) is 12.8 Å². The zero-order valence-corrected chi connectivity index (χ0v) is 13.8. The first-order valence-electron chi connectivity index (χ1n) is 7.98. The molecule has 0 aliphatic carbocycles. The number of aryl methyl sites for hydroxylation is 2. The van der Waals surface area contributed by atoms with Crippen molar-refractivity contribution in [1.82, 2.24) is 19.7 Å². The van der Waals surface area contributed by atoms with Crippen LogP contribution in [0.1, 0.15) is 35.8 Å². The minimum absolute atomic E-state index is 0.0742. The van der Waals surface area contributed by atoms with Crippen molar-refractivity contribution in [2.45, 2.75) is 32.8 Å². The molecule has 7 nitrogen and oxygen atoms in total. The molecule has 1 atom stereocenters. The Hall–Kier alpha value is -2.15. The number of carbonyl (C=O) groups excluding carboxylic acids is 1. The molecular formula is C16H22N4O3. The molecule has 7 heteroatoms. The van der Waals surface area contributed by atoms with Gasteiger partial charge in [-0.15, -0.1) is 0 Å². The quantitative estimate of drug-likeness (QED) is 0.922. The van der Waals surface area contributed by atoms with Gasteiger partial charge in [-0.2, -0.15) is 0 Å². The van der Waals surface area contributed by atoms with Crippen molar-refractivity contribution in [2.75, 3.05) is 19.7 Å². The summed E-state index contributed by atoms with van der Waals surface area (Å²) in [5.41, 5.74) is 1.37. The van der Waals surface area contributed by atoms with Crippen LogP contribution in [0.2, 0.25) is 0 Å². The number of pyridine rings is 1. The fraction of sp³-hybridized carbons (Fsp3) is 0.562. The Bertz CT molecular complexity index is 790. The predicted octanol–water partition coefficient (Wildman–Crippen LogP) is 1.21. The maximum atomic E-state index is 13.0. The number of hydrogen-bond acceptors (Lipinski definition) is 4. The second-order valence-electron chi connectivity index (χ2n) is 5.98. The van der Waals surface area contributed by atoms with Gasteiger partial charge in [-0.1, -0.05) is 0 Å². The molecule has 1 unspecified atom stereocenters. The number of piperidine rings is 1. The highest BCUT2D eigenvalue weighted by molar-refractivity contribution is 6.05. The van der Waals surface area contributed by atoms with Crippen LogP contribution in [0.15, 0.2) is 10.9 Å². The zero-order chi connectivity index (χ0) is 16.6. The van der Waals surface area contributed by atoms with Gasteiger partial charge in [0.1, 0.15) is 0 Å². The van der Waals surface area contributed by atoms with Crippen molar-refractivity contribution >= 4 is 16.9 Å². The van der Waals surface area contributed by atoms with Crippen LogP contribution in [0.3, 0.4) is 0 Å². The van der Waals surface area contributed by atoms with Crippen LogP contribution in [0.4, 0.5) is 0 Å². The van der Waals surface area contributed by atoms with Crippen molar-refractivity contribution in [3.05, 3.63) is 27.7 Å². The summed E-state index contributed by atoms with van der Waals surface area (Å²) in [7, 11) is 1.72. The number of hydrogen-bond donors (Lipinski definition) is 1. The first kappa shape index (κ1) is 15.7. The number of nitrogens with zero attached hydrogens (tertiary/aromatic N) is 3. The monoisotopic (exact) mass is 318 g/mol. The van der Waals surface area contributed by atoms with Gasteiger partial charge in [0, 0.05) is 32.4 Å². The van der Waals surface area contributed by atoms with E-state index in [1.807, 2.05) is 13.8 Å². The van der Waals surface area contributed by atoms with Crippen molar-refractivity contribution in [3.8, 4) is 0 Å². The Kier molecular flexibility index (Phi) is 4.21. The third-order valence-electron chi connectivity index (χ3n) is 4.24. The normalized spacial score (nSPS) is 18.6. The van der Waals surface area contributed by atoms with Crippen molar-refractivity contribution in [3.63, 3.8) is 0 Å². The number of aromatic nitrogens is 3. The summed E-state index contributed by atoms with van der Waals surface area (Å²) in [4.78, 5) is 31.3. The summed E-state index contributed by atoms with van der Waals surface area (Å²) < 4.78 is 7.22. The second-order valence-corrected chi connectivity index (χ2v) is 5.98. The van der Waals surface area contributed by atoms with Crippen LogP contribution in [0.25, 0.3) is 11.0 Å². The molecule has 1 saturated heterocycles. The molecule has 0 radical (unpaired) electrons. The Balaban J connectivity index is 1.99. The van der Waals surface area contributed by atoms with Crippen LogP contribution in [0.5, 0.6) is 0 Å². The molecule has 0 spiro atoms. The van der Waals surface area contributed by atoms with E-state index in [1.54, 1.807) is 22.7 Å². The Labute approximate surface area is 134 Å². The molecule has 1 fully saturated rings. The first-order valence-corrected chi connectivity index (χ1v) is 7.98. The highest BCUT2D eigenvalue weighted by Gasteiger charge is 2.27. The third kappa shape index (κ3) is 2.88. The van der Waals surface area contributed by atoms with E-state index in [4.69, 9.17) is 4.74 Å². The van der Waals surface area contributed by atoms with Crippen LogP contribution in [-0.4, -0.2) is 51.4 Å². The SMILES string of the molecule is CCOC1CCCN(C(=O)c2cc(C)nc3c2c(=O)[nH]n3C)C1. The number of rotatable bonds is 3. The van der Waals surface area contributed by atoms with Gasteiger partial charge in [-0.05, 0) is 32.8 Å². The molecule has 1 aliphatic heterocycles. The van der Waals surface area contributed by atoms with Crippen LogP contribution in [0, 0.1) is 6.92 Å². The third-order valence-corrected chi connectivity index (χ3v) is 4.24. The second kappa shape index (κ2) is 6.16. The minimum Gasteiger partial charge on any atom is -0.377 e. The van der Waals surface area contributed by atoms with Crippen molar-refractivity contribution < 1.29 is 9.53 Å². The molecule has 2 aromatic heterocycles. The number of nitrogens with one attached hydrogen (secondary N) is 1. The van der Waals surface area contributed by atoms with E-state index in [-0.39, 0.29) is 17.6 Å². The maximum Gasteiger partial charge on any atom is 0.274 e. The lowest BCUT2D eigenvalue weighted by Crippen LogP contribution is -2.43. The topological polar surface area (TPSA) is 80.2 Å². The van der Waals surface area contributed by atoms with Gasteiger partial charge in [0.05, 0.1) is 17.1 Å². The Morgan fingerprint density at radius 3 is 3.04 bits per heavy atom. The van der Waals surface area contributed by atoms with Gasteiger partial charge in [-0.25, -0.2) is 4.98 Å².